The Bertz CT molecular complexity index is 590. The van der Waals surface area contributed by atoms with Gasteiger partial charge in [0.05, 0.1) is 0 Å². The first kappa shape index (κ1) is 13.7. The lowest BCUT2D eigenvalue weighted by Crippen LogP contribution is -2.14. The Balaban J connectivity index is 1.56. The summed E-state index contributed by atoms with van der Waals surface area (Å²) in [5.41, 5.74) is 0. The van der Waals surface area contributed by atoms with Crippen molar-refractivity contribution < 1.29 is 4.79 Å². The molecule has 0 aromatic carbocycles. The van der Waals surface area contributed by atoms with Crippen LogP contribution in [0.25, 0.3) is 5.82 Å². The van der Waals surface area contributed by atoms with Crippen LogP contribution in [-0.2, 0) is 4.79 Å². The summed E-state index contributed by atoms with van der Waals surface area (Å²) in [7, 11) is 0. The van der Waals surface area contributed by atoms with Gasteiger partial charge in [-0.2, -0.15) is 0 Å². The first-order valence-electron chi connectivity index (χ1n) is 7.41. The van der Waals surface area contributed by atoms with Crippen LogP contribution in [0.4, 0.5) is 5.82 Å². The second kappa shape index (κ2) is 6.47. The summed E-state index contributed by atoms with van der Waals surface area (Å²) < 4.78 is 1.77. The van der Waals surface area contributed by atoms with Gasteiger partial charge < -0.3 is 5.32 Å². The zero-order valence-electron chi connectivity index (χ0n) is 11.9. The summed E-state index contributed by atoms with van der Waals surface area (Å²) in [6.07, 6.45) is 13.3. The predicted octanol–water partition coefficient (Wildman–Crippen LogP) is 2.57. The van der Waals surface area contributed by atoms with E-state index in [0.717, 1.165) is 12.3 Å². The summed E-state index contributed by atoms with van der Waals surface area (Å²) in [6.45, 7) is 0. The minimum atomic E-state index is 0.0252. The van der Waals surface area contributed by atoms with Gasteiger partial charge in [0, 0.05) is 24.9 Å². The summed E-state index contributed by atoms with van der Waals surface area (Å²) in [6, 6.07) is 1.75. The molecule has 0 aliphatic heterocycles. The van der Waals surface area contributed by atoms with Gasteiger partial charge in [-0.1, -0.05) is 25.7 Å². The van der Waals surface area contributed by atoms with Gasteiger partial charge in [0.25, 0.3) is 0 Å². The summed E-state index contributed by atoms with van der Waals surface area (Å²) >= 11 is 0. The molecule has 0 atom stereocenters. The number of imidazole rings is 1. The minimum Gasteiger partial charge on any atom is -0.311 e. The van der Waals surface area contributed by atoms with E-state index in [4.69, 9.17) is 0 Å². The number of anilines is 1. The molecule has 2 heterocycles. The number of amides is 1. The van der Waals surface area contributed by atoms with Crippen molar-refractivity contribution in [1.29, 1.82) is 0 Å². The maximum atomic E-state index is 12.0. The highest BCUT2D eigenvalue weighted by atomic mass is 16.1. The molecule has 3 rings (SSSR count). The molecule has 1 amide bonds. The van der Waals surface area contributed by atoms with E-state index in [-0.39, 0.29) is 5.91 Å². The van der Waals surface area contributed by atoms with Crippen molar-refractivity contribution in [3.8, 4) is 5.82 Å². The molecule has 6 heteroatoms. The highest BCUT2D eigenvalue weighted by Gasteiger charge is 2.16. The topological polar surface area (TPSA) is 72.7 Å². The van der Waals surface area contributed by atoms with E-state index in [1.165, 1.54) is 32.0 Å². The van der Waals surface area contributed by atoms with Gasteiger partial charge in [-0.05, 0) is 12.3 Å². The van der Waals surface area contributed by atoms with Gasteiger partial charge in [0.1, 0.15) is 24.3 Å². The van der Waals surface area contributed by atoms with Gasteiger partial charge in [0.2, 0.25) is 5.91 Å². The molecule has 1 N–H and O–H groups in total. The van der Waals surface area contributed by atoms with Gasteiger partial charge in [-0.15, -0.1) is 0 Å². The summed E-state index contributed by atoms with van der Waals surface area (Å²) in [4.78, 5) is 24.2. The van der Waals surface area contributed by atoms with Crippen molar-refractivity contribution in [2.75, 3.05) is 5.32 Å². The fourth-order valence-electron chi connectivity index (χ4n) is 2.79. The highest BCUT2D eigenvalue weighted by molar-refractivity contribution is 5.89. The number of nitrogens with one attached hydrogen (secondary N) is 1. The molecule has 1 aliphatic carbocycles. The van der Waals surface area contributed by atoms with E-state index in [2.05, 4.69) is 20.3 Å². The number of carbonyl (C=O) groups is 1. The summed E-state index contributed by atoms with van der Waals surface area (Å²) in [5.74, 6) is 1.97. The van der Waals surface area contributed by atoms with Crippen LogP contribution in [0.15, 0.2) is 31.1 Å². The molecule has 0 radical (unpaired) electrons. The maximum absolute atomic E-state index is 12.0. The molecule has 0 bridgehead atoms. The first-order valence-corrected chi connectivity index (χ1v) is 7.41. The summed E-state index contributed by atoms with van der Waals surface area (Å²) in [5, 5.41) is 2.84. The molecule has 0 saturated heterocycles. The Hall–Kier alpha value is -2.24. The largest absolute Gasteiger partial charge is 0.311 e. The normalized spacial score (nSPS) is 15.2. The minimum absolute atomic E-state index is 0.0252. The van der Waals surface area contributed by atoms with Crippen LogP contribution < -0.4 is 5.32 Å². The maximum Gasteiger partial charge on any atom is 0.225 e. The van der Waals surface area contributed by atoms with Gasteiger partial charge in [-0.25, -0.2) is 15.0 Å². The third-order valence-electron chi connectivity index (χ3n) is 3.94. The van der Waals surface area contributed by atoms with E-state index >= 15 is 0 Å². The van der Waals surface area contributed by atoms with Crippen molar-refractivity contribution in [3.63, 3.8) is 0 Å². The molecule has 0 unspecified atom stereocenters. The zero-order valence-corrected chi connectivity index (χ0v) is 11.9. The standard InChI is InChI=1S/C15H19N5O/c21-15(6-5-12-3-1-2-4-12)19-13-9-14(18-10-17-13)20-8-7-16-11-20/h7-12H,1-6H2,(H,17,18,19,21). The van der Waals surface area contributed by atoms with Crippen molar-refractivity contribution in [2.45, 2.75) is 38.5 Å². The van der Waals surface area contributed by atoms with Crippen LogP contribution in [0.2, 0.25) is 0 Å². The Kier molecular flexibility index (Phi) is 4.23. The van der Waals surface area contributed by atoms with Crippen LogP contribution in [0, 0.1) is 5.92 Å². The monoisotopic (exact) mass is 285 g/mol. The van der Waals surface area contributed by atoms with E-state index in [0.29, 0.717) is 18.1 Å². The van der Waals surface area contributed by atoms with Gasteiger partial charge in [-0.3, -0.25) is 9.36 Å². The van der Waals surface area contributed by atoms with Crippen LogP contribution in [0.5, 0.6) is 0 Å². The fourth-order valence-corrected chi connectivity index (χ4v) is 2.79. The second-order valence-electron chi connectivity index (χ2n) is 5.47. The van der Waals surface area contributed by atoms with Crippen LogP contribution in [0.3, 0.4) is 0 Å². The quantitative estimate of drug-likeness (QED) is 0.916. The average Bonchev–Trinajstić information content (AvgIpc) is 3.19. The van der Waals surface area contributed by atoms with Crippen molar-refractivity contribution in [3.05, 3.63) is 31.1 Å². The molecule has 1 fully saturated rings. The molecule has 2 aromatic heterocycles. The molecule has 1 aliphatic rings. The third-order valence-corrected chi connectivity index (χ3v) is 3.94. The van der Waals surface area contributed by atoms with Gasteiger partial charge in [0.15, 0.2) is 0 Å². The van der Waals surface area contributed by atoms with Crippen molar-refractivity contribution in [2.24, 2.45) is 5.92 Å². The predicted molar refractivity (Wildman–Crippen MR) is 79.0 cm³/mol. The number of rotatable bonds is 5. The van der Waals surface area contributed by atoms with Crippen LogP contribution in [-0.4, -0.2) is 25.4 Å². The molecule has 2 aromatic rings. The Morgan fingerprint density at radius 1 is 1.33 bits per heavy atom. The fraction of sp³-hybridized carbons (Fsp3) is 0.467. The number of hydrogen-bond donors (Lipinski definition) is 1. The zero-order chi connectivity index (χ0) is 14.5. The molecular weight excluding hydrogens is 266 g/mol. The lowest BCUT2D eigenvalue weighted by molar-refractivity contribution is -0.116. The van der Waals surface area contributed by atoms with Crippen LogP contribution in [0.1, 0.15) is 38.5 Å². The van der Waals surface area contributed by atoms with Crippen molar-refractivity contribution in [1.82, 2.24) is 19.5 Å². The van der Waals surface area contributed by atoms with E-state index in [1.807, 2.05) is 0 Å². The Morgan fingerprint density at radius 3 is 2.95 bits per heavy atom. The average molecular weight is 285 g/mol. The van der Waals surface area contributed by atoms with Crippen molar-refractivity contribution >= 4 is 11.7 Å². The molecule has 6 nitrogen and oxygen atoms in total. The van der Waals surface area contributed by atoms with Crippen LogP contribution >= 0.6 is 0 Å². The lowest BCUT2D eigenvalue weighted by Gasteiger charge is -2.09. The second-order valence-corrected chi connectivity index (χ2v) is 5.47. The molecule has 110 valence electrons. The van der Waals surface area contributed by atoms with E-state index < -0.39 is 0 Å². The highest BCUT2D eigenvalue weighted by Crippen LogP contribution is 2.28. The molecular formula is C15H19N5O. The SMILES string of the molecule is O=C(CCC1CCCC1)Nc1cc(-n2ccnc2)ncn1. The molecule has 21 heavy (non-hydrogen) atoms. The molecule has 1 saturated carbocycles. The lowest BCUT2D eigenvalue weighted by atomic mass is 10.0. The van der Waals surface area contributed by atoms with E-state index in [9.17, 15) is 4.79 Å². The Labute approximate surface area is 123 Å². The number of carbonyl (C=O) groups excluding carboxylic acids is 1. The van der Waals surface area contributed by atoms with Gasteiger partial charge >= 0.3 is 0 Å². The number of nitrogens with zero attached hydrogens (tertiary/aromatic N) is 4. The smallest absolute Gasteiger partial charge is 0.225 e. The number of hydrogen-bond acceptors (Lipinski definition) is 4. The Morgan fingerprint density at radius 2 is 2.19 bits per heavy atom. The van der Waals surface area contributed by atoms with E-state index in [1.54, 1.807) is 29.4 Å². The molecule has 0 spiro atoms. The number of aromatic nitrogens is 4. The third kappa shape index (κ3) is 3.65. The first-order chi connectivity index (χ1) is 10.3.